The van der Waals surface area contributed by atoms with Gasteiger partial charge in [-0.25, -0.2) is 0 Å². The number of halogens is 1. The lowest BCUT2D eigenvalue weighted by Gasteiger charge is -2.39. The van der Waals surface area contributed by atoms with Crippen molar-refractivity contribution >= 4 is 11.6 Å². The number of hydrogen-bond donors (Lipinski definition) is 1. The molecule has 0 spiro atoms. The molecule has 1 saturated carbocycles. The third-order valence-corrected chi connectivity index (χ3v) is 4.26. The summed E-state index contributed by atoms with van der Waals surface area (Å²) in [6.07, 6.45) is 8.87. The van der Waals surface area contributed by atoms with Crippen molar-refractivity contribution in [3.63, 3.8) is 0 Å². The Kier molecular flexibility index (Phi) is 4.46. The van der Waals surface area contributed by atoms with E-state index in [9.17, 15) is 0 Å². The normalized spacial score (nSPS) is 29.4. The molecule has 3 nitrogen and oxygen atoms in total. The Morgan fingerprint density at radius 3 is 3.12 bits per heavy atom. The molecule has 0 saturated heterocycles. The van der Waals surface area contributed by atoms with Crippen molar-refractivity contribution in [2.45, 2.75) is 44.7 Å². The molecule has 1 heterocycles. The lowest BCUT2D eigenvalue weighted by Crippen LogP contribution is -2.51. The van der Waals surface area contributed by atoms with Gasteiger partial charge in [-0.2, -0.15) is 5.10 Å². The standard InChI is InChI=1S/C13H22ClN3/c1-12-4-2-5-13(10-12,11-14)15-7-9-17-8-3-6-16-17/h3,6,8,12,15H,2,4-5,7,9-11H2,1H3. The molecule has 0 radical (unpaired) electrons. The van der Waals surface area contributed by atoms with Gasteiger partial charge in [0.15, 0.2) is 0 Å². The Hall–Kier alpha value is -0.540. The molecule has 96 valence electrons. The molecular weight excluding hydrogens is 234 g/mol. The summed E-state index contributed by atoms with van der Waals surface area (Å²) in [7, 11) is 0. The highest BCUT2D eigenvalue weighted by Gasteiger charge is 2.33. The van der Waals surface area contributed by atoms with Crippen LogP contribution in [0.2, 0.25) is 0 Å². The van der Waals surface area contributed by atoms with E-state index >= 15 is 0 Å². The second-order valence-electron chi connectivity index (χ2n) is 5.31. The lowest BCUT2D eigenvalue weighted by atomic mass is 9.77. The largest absolute Gasteiger partial charge is 0.308 e. The van der Waals surface area contributed by atoms with Crippen LogP contribution < -0.4 is 5.32 Å². The van der Waals surface area contributed by atoms with Gasteiger partial charge in [0.1, 0.15) is 0 Å². The van der Waals surface area contributed by atoms with E-state index < -0.39 is 0 Å². The van der Waals surface area contributed by atoms with E-state index in [1.54, 1.807) is 0 Å². The minimum atomic E-state index is 0.159. The van der Waals surface area contributed by atoms with Crippen LogP contribution in [0.15, 0.2) is 18.5 Å². The third-order valence-electron chi connectivity index (χ3n) is 3.75. The van der Waals surface area contributed by atoms with Crippen LogP contribution in [0.1, 0.15) is 32.6 Å². The SMILES string of the molecule is CC1CCCC(CCl)(NCCn2cccn2)C1. The number of rotatable bonds is 5. The van der Waals surface area contributed by atoms with E-state index in [0.717, 1.165) is 24.9 Å². The zero-order valence-corrected chi connectivity index (χ0v) is 11.3. The van der Waals surface area contributed by atoms with Gasteiger partial charge < -0.3 is 5.32 Å². The fourth-order valence-corrected chi connectivity index (χ4v) is 3.19. The average molecular weight is 256 g/mol. The van der Waals surface area contributed by atoms with E-state index in [2.05, 4.69) is 17.3 Å². The van der Waals surface area contributed by atoms with Crippen LogP contribution in [0.5, 0.6) is 0 Å². The van der Waals surface area contributed by atoms with Crippen LogP contribution in [-0.2, 0) is 6.54 Å². The molecule has 2 atom stereocenters. The third kappa shape index (κ3) is 3.46. The zero-order chi connectivity index (χ0) is 12.1. The van der Waals surface area contributed by atoms with Gasteiger partial charge in [0.05, 0.1) is 6.54 Å². The summed E-state index contributed by atoms with van der Waals surface area (Å²) in [5.74, 6) is 1.51. The van der Waals surface area contributed by atoms with Crippen LogP contribution in [-0.4, -0.2) is 27.7 Å². The summed E-state index contributed by atoms with van der Waals surface area (Å²) >= 11 is 6.18. The Labute approximate surface area is 109 Å². The highest BCUT2D eigenvalue weighted by Crippen LogP contribution is 2.32. The Balaban J connectivity index is 1.82. The summed E-state index contributed by atoms with van der Waals surface area (Å²) < 4.78 is 1.96. The van der Waals surface area contributed by atoms with Crippen LogP contribution in [0.4, 0.5) is 0 Å². The van der Waals surface area contributed by atoms with Crippen LogP contribution in [0, 0.1) is 5.92 Å². The summed E-state index contributed by atoms with van der Waals surface area (Å²) in [6.45, 7) is 4.19. The van der Waals surface area contributed by atoms with Gasteiger partial charge >= 0.3 is 0 Å². The van der Waals surface area contributed by atoms with E-state index in [4.69, 9.17) is 11.6 Å². The van der Waals surface area contributed by atoms with Gasteiger partial charge in [-0.15, -0.1) is 11.6 Å². The molecule has 1 aliphatic carbocycles. The van der Waals surface area contributed by atoms with Crippen LogP contribution >= 0.6 is 11.6 Å². The molecule has 0 amide bonds. The maximum absolute atomic E-state index is 6.18. The number of aromatic nitrogens is 2. The summed E-state index contributed by atoms with van der Waals surface area (Å²) in [5, 5.41) is 7.87. The fourth-order valence-electron chi connectivity index (χ4n) is 2.86. The van der Waals surface area contributed by atoms with E-state index in [-0.39, 0.29) is 5.54 Å². The molecule has 0 bridgehead atoms. The van der Waals surface area contributed by atoms with Gasteiger partial charge in [0.25, 0.3) is 0 Å². The first kappa shape index (κ1) is 12.9. The summed E-state index contributed by atoms with van der Waals surface area (Å²) in [6, 6.07) is 1.96. The zero-order valence-electron chi connectivity index (χ0n) is 10.5. The molecule has 4 heteroatoms. The summed E-state index contributed by atoms with van der Waals surface area (Å²) in [5.41, 5.74) is 0.159. The smallest absolute Gasteiger partial charge is 0.0534 e. The fraction of sp³-hybridized carbons (Fsp3) is 0.769. The van der Waals surface area contributed by atoms with Crippen LogP contribution in [0.3, 0.4) is 0 Å². The molecule has 1 aromatic heterocycles. The van der Waals surface area contributed by atoms with Gasteiger partial charge in [0.2, 0.25) is 0 Å². The van der Waals surface area contributed by atoms with Crippen molar-refractivity contribution < 1.29 is 0 Å². The van der Waals surface area contributed by atoms with Crippen molar-refractivity contribution in [3.8, 4) is 0 Å². The predicted molar refractivity (Wildman–Crippen MR) is 71.3 cm³/mol. The first-order chi connectivity index (χ1) is 8.24. The van der Waals surface area contributed by atoms with Gasteiger partial charge in [-0.1, -0.05) is 19.8 Å². The van der Waals surface area contributed by atoms with Crippen molar-refractivity contribution in [1.29, 1.82) is 0 Å². The monoisotopic (exact) mass is 255 g/mol. The minimum absolute atomic E-state index is 0.159. The highest BCUT2D eigenvalue weighted by molar-refractivity contribution is 6.18. The van der Waals surface area contributed by atoms with Gasteiger partial charge in [0, 0.05) is 30.4 Å². The van der Waals surface area contributed by atoms with Crippen molar-refractivity contribution in [2.24, 2.45) is 5.92 Å². The first-order valence-corrected chi connectivity index (χ1v) is 7.06. The Morgan fingerprint density at radius 2 is 2.47 bits per heavy atom. The molecule has 1 fully saturated rings. The van der Waals surface area contributed by atoms with Crippen molar-refractivity contribution in [2.75, 3.05) is 12.4 Å². The molecule has 2 unspecified atom stereocenters. The van der Waals surface area contributed by atoms with E-state index in [1.165, 1.54) is 25.7 Å². The number of nitrogens with zero attached hydrogens (tertiary/aromatic N) is 2. The van der Waals surface area contributed by atoms with Gasteiger partial charge in [-0.3, -0.25) is 4.68 Å². The van der Waals surface area contributed by atoms with Crippen molar-refractivity contribution in [1.82, 2.24) is 15.1 Å². The van der Waals surface area contributed by atoms with E-state index in [1.807, 2.05) is 23.1 Å². The Bertz CT molecular complexity index is 325. The lowest BCUT2D eigenvalue weighted by molar-refractivity contribution is 0.207. The summed E-state index contributed by atoms with van der Waals surface area (Å²) in [4.78, 5) is 0. The topological polar surface area (TPSA) is 29.9 Å². The molecule has 17 heavy (non-hydrogen) atoms. The molecule has 0 aromatic carbocycles. The van der Waals surface area contributed by atoms with Crippen molar-refractivity contribution in [3.05, 3.63) is 18.5 Å². The minimum Gasteiger partial charge on any atom is -0.308 e. The Morgan fingerprint density at radius 1 is 1.59 bits per heavy atom. The quantitative estimate of drug-likeness (QED) is 0.820. The van der Waals surface area contributed by atoms with E-state index in [0.29, 0.717) is 0 Å². The average Bonchev–Trinajstić information content (AvgIpc) is 2.82. The maximum Gasteiger partial charge on any atom is 0.0534 e. The maximum atomic E-state index is 6.18. The predicted octanol–water partition coefficient (Wildman–Crippen LogP) is 2.66. The molecule has 1 aliphatic rings. The number of hydrogen-bond acceptors (Lipinski definition) is 2. The molecule has 1 N–H and O–H groups in total. The van der Waals surface area contributed by atoms with Crippen LogP contribution in [0.25, 0.3) is 0 Å². The molecular formula is C13H22ClN3. The first-order valence-electron chi connectivity index (χ1n) is 6.52. The second kappa shape index (κ2) is 5.87. The molecule has 0 aliphatic heterocycles. The number of alkyl halides is 1. The highest BCUT2D eigenvalue weighted by atomic mass is 35.5. The molecule has 1 aromatic rings. The second-order valence-corrected chi connectivity index (χ2v) is 5.58. The molecule has 2 rings (SSSR count). The van der Waals surface area contributed by atoms with Gasteiger partial charge in [-0.05, 0) is 24.8 Å². The number of nitrogens with one attached hydrogen (secondary N) is 1.